The molecule has 0 aromatic carbocycles. The molecule has 5 saturated carbocycles. The van der Waals surface area contributed by atoms with Crippen LogP contribution in [-0.2, 0) is 4.79 Å². The zero-order chi connectivity index (χ0) is 13.0. The zero-order valence-electron chi connectivity index (χ0n) is 12.0. The van der Waals surface area contributed by atoms with E-state index in [-0.39, 0.29) is 5.54 Å². The van der Waals surface area contributed by atoms with Crippen molar-refractivity contribution in [3.63, 3.8) is 0 Å². The summed E-state index contributed by atoms with van der Waals surface area (Å²) in [5, 5.41) is 3.38. The van der Waals surface area contributed by atoms with Crippen LogP contribution in [-0.4, -0.2) is 36.0 Å². The van der Waals surface area contributed by atoms with Crippen LogP contribution >= 0.6 is 0 Å². The van der Waals surface area contributed by atoms with Crippen LogP contribution in [0.4, 0.5) is 0 Å². The Morgan fingerprint density at radius 3 is 2.11 bits per heavy atom. The SMILES string of the molecule is CN(C(=O)CNC1CC1)C12CC3CC(CC(C3)C1)C2. The van der Waals surface area contributed by atoms with Gasteiger partial charge in [-0.25, -0.2) is 0 Å². The second-order valence-electron chi connectivity index (χ2n) is 7.75. The Bertz CT molecular complexity index is 353. The van der Waals surface area contributed by atoms with E-state index in [2.05, 4.69) is 17.3 Å². The van der Waals surface area contributed by atoms with Crippen molar-refractivity contribution < 1.29 is 4.79 Å². The molecule has 3 nitrogen and oxygen atoms in total. The Balaban J connectivity index is 1.45. The maximum absolute atomic E-state index is 12.5. The number of nitrogens with one attached hydrogen (secondary N) is 1. The number of nitrogens with zero attached hydrogens (tertiary/aromatic N) is 1. The van der Waals surface area contributed by atoms with E-state index in [0.29, 0.717) is 18.5 Å². The lowest BCUT2D eigenvalue weighted by Gasteiger charge is -2.59. The largest absolute Gasteiger partial charge is 0.339 e. The number of hydrogen-bond acceptors (Lipinski definition) is 2. The molecule has 0 atom stereocenters. The molecule has 0 spiro atoms. The monoisotopic (exact) mass is 262 g/mol. The van der Waals surface area contributed by atoms with Gasteiger partial charge in [-0.15, -0.1) is 0 Å². The highest BCUT2D eigenvalue weighted by Gasteiger charge is 2.53. The third kappa shape index (κ3) is 2.10. The smallest absolute Gasteiger partial charge is 0.236 e. The Hall–Kier alpha value is -0.570. The molecule has 0 saturated heterocycles. The van der Waals surface area contributed by atoms with E-state index in [0.717, 1.165) is 17.8 Å². The topological polar surface area (TPSA) is 32.3 Å². The number of rotatable bonds is 4. The summed E-state index contributed by atoms with van der Waals surface area (Å²) in [5.74, 6) is 3.07. The summed E-state index contributed by atoms with van der Waals surface area (Å²) in [6.07, 6.45) is 10.7. The standard InChI is InChI=1S/C16H26N2O/c1-18(15(19)10-17-14-2-3-14)16-7-11-4-12(8-16)6-13(5-11)9-16/h11-14,17H,2-10H2,1H3. The van der Waals surface area contributed by atoms with Crippen molar-refractivity contribution in [3.8, 4) is 0 Å². The highest BCUT2D eigenvalue weighted by atomic mass is 16.2. The molecule has 0 heterocycles. The normalized spacial score (nSPS) is 43.5. The van der Waals surface area contributed by atoms with Crippen molar-refractivity contribution in [1.82, 2.24) is 10.2 Å². The van der Waals surface area contributed by atoms with Crippen molar-refractivity contribution in [1.29, 1.82) is 0 Å². The van der Waals surface area contributed by atoms with Gasteiger partial charge in [0.05, 0.1) is 6.54 Å². The summed E-state index contributed by atoms with van der Waals surface area (Å²) in [5.41, 5.74) is 0.233. The highest BCUT2D eigenvalue weighted by molar-refractivity contribution is 5.79. The molecule has 0 unspecified atom stereocenters. The predicted octanol–water partition coefficient (Wildman–Crippen LogP) is 2.17. The number of carbonyl (C=O) groups is 1. The van der Waals surface area contributed by atoms with Crippen molar-refractivity contribution in [2.45, 2.75) is 62.9 Å². The first-order valence-electron chi connectivity index (χ1n) is 8.15. The average molecular weight is 262 g/mol. The van der Waals surface area contributed by atoms with Crippen LogP contribution in [0.15, 0.2) is 0 Å². The van der Waals surface area contributed by atoms with Gasteiger partial charge in [-0.05, 0) is 69.1 Å². The molecule has 106 valence electrons. The summed E-state index contributed by atoms with van der Waals surface area (Å²) in [6.45, 7) is 0.558. The molecule has 5 aliphatic rings. The first-order valence-corrected chi connectivity index (χ1v) is 8.15. The summed E-state index contributed by atoms with van der Waals surface area (Å²) in [4.78, 5) is 14.6. The summed E-state index contributed by atoms with van der Waals surface area (Å²) >= 11 is 0. The Morgan fingerprint density at radius 1 is 1.11 bits per heavy atom. The number of likely N-dealkylation sites (N-methyl/N-ethyl adjacent to an activating group) is 1. The maximum Gasteiger partial charge on any atom is 0.236 e. The van der Waals surface area contributed by atoms with Crippen LogP contribution < -0.4 is 5.32 Å². The Labute approximate surface area is 116 Å². The molecule has 3 heteroatoms. The minimum absolute atomic E-state index is 0.233. The second-order valence-corrected chi connectivity index (χ2v) is 7.75. The molecule has 0 aromatic rings. The zero-order valence-corrected chi connectivity index (χ0v) is 12.0. The van der Waals surface area contributed by atoms with E-state index in [1.165, 1.54) is 51.4 Å². The molecule has 0 aliphatic heterocycles. The molecule has 1 amide bonds. The van der Waals surface area contributed by atoms with E-state index >= 15 is 0 Å². The van der Waals surface area contributed by atoms with E-state index in [1.807, 2.05) is 0 Å². The molecule has 5 fully saturated rings. The van der Waals surface area contributed by atoms with Gasteiger partial charge in [0.2, 0.25) is 5.91 Å². The first kappa shape index (κ1) is 12.2. The highest BCUT2D eigenvalue weighted by Crippen LogP contribution is 2.57. The van der Waals surface area contributed by atoms with Crippen LogP contribution in [0.5, 0.6) is 0 Å². The Kier molecular flexibility index (Phi) is 2.70. The second kappa shape index (κ2) is 4.21. The fourth-order valence-electron chi connectivity index (χ4n) is 5.38. The summed E-state index contributed by atoms with van der Waals surface area (Å²) < 4.78 is 0. The van der Waals surface area contributed by atoms with Gasteiger partial charge in [-0.1, -0.05) is 0 Å². The fraction of sp³-hybridized carbons (Fsp3) is 0.938. The molecule has 0 aromatic heterocycles. The average Bonchev–Trinajstić information content (AvgIpc) is 3.17. The molecular weight excluding hydrogens is 236 g/mol. The van der Waals surface area contributed by atoms with Crippen LogP contribution in [0.3, 0.4) is 0 Å². The molecule has 0 radical (unpaired) electrons. The molecule has 4 bridgehead atoms. The van der Waals surface area contributed by atoms with E-state index in [1.54, 1.807) is 0 Å². The third-order valence-corrected chi connectivity index (χ3v) is 6.21. The number of hydrogen-bond donors (Lipinski definition) is 1. The van der Waals surface area contributed by atoms with Gasteiger partial charge in [0.15, 0.2) is 0 Å². The van der Waals surface area contributed by atoms with Gasteiger partial charge in [-0.3, -0.25) is 4.79 Å². The lowest BCUT2D eigenvalue weighted by Crippen LogP contribution is -2.61. The fourth-order valence-corrected chi connectivity index (χ4v) is 5.38. The van der Waals surface area contributed by atoms with Gasteiger partial charge >= 0.3 is 0 Å². The van der Waals surface area contributed by atoms with E-state index in [9.17, 15) is 4.79 Å². The van der Waals surface area contributed by atoms with Crippen LogP contribution in [0.25, 0.3) is 0 Å². The molecule has 5 rings (SSSR count). The number of amides is 1. The Morgan fingerprint density at radius 2 is 1.63 bits per heavy atom. The van der Waals surface area contributed by atoms with Gasteiger partial charge in [-0.2, -0.15) is 0 Å². The van der Waals surface area contributed by atoms with Crippen molar-refractivity contribution in [2.24, 2.45) is 17.8 Å². The maximum atomic E-state index is 12.5. The van der Waals surface area contributed by atoms with Crippen molar-refractivity contribution in [2.75, 3.05) is 13.6 Å². The lowest BCUT2D eigenvalue weighted by atomic mass is 9.52. The van der Waals surface area contributed by atoms with E-state index < -0.39 is 0 Å². The first-order chi connectivity index (χ1) is 9.14. The van der Waals surface area contributed by atoms with Crippen LogP contribution in [0, 0.1) is 17.8 Å². The van der Waals surface area contributed by atoms with Gasteiger partial charge in [0, 0.05) is 18.6 Å². The quantitative estimate of drug-likeness (QED) is 0.842. The summed E-state index contributed by atoms with van der Waals surface area (Å²) in [6, 6.07) is 0.633. The van der Waals surface area contributed by atoms with E-state index in [4.69, 9.17) is 0 Å². The number of carbonyl (C=O) groups excluding carboxylic acids is 1. The molecule has 19 heavy (non-hydrogen) atoms. The molecule has 5 aliphatic carbocycles. The minimum atomic E-state index is 0.233. The lowest BCUT2D eigenvalue weighted by molar-refractivity contribution is -0.146. The third-order valence-electron chi connectivity index (χ3n) is 6.21. The molecule has 1 N–H and O–H groups in total. The minimum Gasteiger partial charge on any atom is -0.339 e. The van der Waals surface area contributed by atoms with Crippen LogP contribution in [0.2, 0.25) is 0 Å². The van der Waals surface area contributed by atoms with Crippen molar-refractivity contribution >= 4 is 5.91 Å². The summed E-state index contributed by atoms with van der Waals surface area (Å²) in [7, 11) is 2.07. The molecular formula is C16H26N2O. The predicted molar refractivity (Wildman–Crippen MR) is 74.7 cm³/mol. The van der Waals surface area contributed by atoms with Crippen LogP contribution in [0.1, 0.15) is 51.4 Å². The van der Waals surface area contributed by atoms with Crippen molar-refractivity contribution in [3.05, 3.63) is 0 Å². The van der Waals surface area contributed by atoms with Gasteiger partial charge in [0.1, 0.15) is 0 Å². The van der Waals surface area contributed by atoms with Gasteiger partial charge < -0.3 is 10.2 Å². The van der Waals surface area contributed by atoms with Gasteiger partial charge in [0.25, 0.3) is 0 Å².